The van der Waals surface area contributed by atoms with Gasteiger partial charge in [0.05, 0.1) is 6.21 Å². The van der Waals surface area contributed by atoms with Crippen molar-refractivity contribution in [3.8, 4) is 5.75 Å². The molecule has 1 fully saturated rings. The fourth-order valence-electron chi connectivity index (χ4n) is 3.12. The van der Waals surface area contributed by atoms with E-state index in [2.05, 4.69) is 5.16 Å². The van der Waals surface area contributed by atoms with Crippen LogP contribution >= 0.6 is 0 Å². The van der Waals surface area contributed by atoms with Crippen molar-refractivity contribution >= 4 is 30.1 Å². The number of benzene rings is 1. The van der Waals surface area contributed by atoms with Gasteiger partial charge in [-0.05, 0) is 29.8 Å². The van der Waals surface area contributed by atoms with E-state index in [-0.39, 0.29) is 12.4 Å². The van der Waals surface area contributed by atoms with Gasteiger partial charge in [0.25, 0.3) is 0 Å². The quantitative estimate of drug-likeness (QED) is 0.191. The number of carbonyl (C=O) groups is 4. The first kappa shape index (κ1) is 25.6. The van der Waals surface area contributed by atoms with E-state index >= 15 is 0 Å². The SMILES string of the molecule is CC(=O)OC[C@H]1O[C@@H](Oc2ccc(/C=N/O)cc2)[C@H](OC(C)=O)[C@@H](OC(C)=O)[C@@H]1OC(C)=O. The second kappa shape index (κ2) is 11.8. The van der Waals surface area contributed by atoms with Crippen molar-refractivity contribution in [3.05, 3.63) is 29.8 Å². The van der Waals surface area contributed by atoms with Crippen molar-refractivity contribution in [2.75, 3.05) is 6.61 Å². The van der Waals surface area contributed by atoms with Gasteiger partial charge in [-0.2, -0.15) is 0 Å². The third-order valence-electron chi connectivity index (χ3n) is 4.29. The van der Waals surface area contributed by atoms with Crippen molar-refractivity contribution in [2.24, 2.45) is 5.16 Å². The lowest BCUT2D eigenvalue weighted by atomic mass is 9.98. The number of hydrogen-bond donors (Lipinski definition) is 1. The smallest absolute Gasteiger partial charge is 0.303 e. The molecule has 1 aromatic carbocycles. The molecule has 0 bridgehead atoms. The summed E-state index contributed by atoms with van der Waals surface area (Å²) in [5, 5.41) is 11.6. The van der Waals surface area contributed by atoms with Crippen LogP contribution in [0.2, 0.25) is 0 Å². The average Bonchev–Trinajstić information content (AvgIpc) is 2.71. The Hall–Kier alpha value is -3.67. The molecule has 180 valence electrons. The molecule has 1 heterocycles. The Morgan fingerprint density at radius 1 is 0.879 bits per heavy atom. The van der Waals surface area contributed by atoms with Gasteiger partial charge in [-0.1, -0.05) is 5.16 Å². The molecule has 1 aliphatic heterocycles. The van der Waals surface area contributed by atoms with Crippen molar-refractivity contribution in [1.82, 2.24) is 0 Å². The van der Waals surface area contributed by atoms with E-state index in [0.717, 1.165) is 20.8 Å². The minimum absolute atomic E-state index is 0.269. The first-order chi connectivity index (χ1) is 15.6. The number of oxime groups is 1. The van der Waals surface area contributed by atoms with Crippen LogP contribution in [0.25, 0.3) is 0 Å². The van der Waals surface area contributed by atoms with Crippen molar-refractivity contribution in [3.63, 3.8) is 0 Å². The Balaban J connectivity index is 2.42. The maximum atomic E-state index is 11.8. The Kier molecular flexibility index (Phi) is 9.16. The largest absolute Gasteiger partial charge is 0.463 e. The molecule has 0 aromatic heterocycles. The molecule has 33 heavy (non-hydrogen) atoms. The highest BCUT2D eigenvalue weighted by molar-refractivity contribution is 5.79. The van der Waals surface area contributed by atoms with Gasteiger partial charge in [0.15, 0.2) is 12.2 Å². The van der Waals surface area contributed by atoms with Crippen molar-refractivity contribution in [2.45, 2.75) is 58.4 Å². The maximum Gasteiger partial charge on any atom is 0.303 e. The Labute approximate surface area is 189 Å². The molecule has 1 N–H and O–H groups in total. The van der Waals surface area contributed by atoms with Crippen LogP contribution in [0, 0.1) is 0 Å². The molecule has 1 aromatic rings. The first-order valence-corrected chi connectivity index (χ1v) is 9.85. The van der Waals surface area contributed by atoms with Gasteiger partial charge < -0.3 is 33.6 Å². The van der Waals surface area contributed by atoms with E-state index in [9.17, 15) is 19.2 Å². The van der Waals surface area contributed by atoms with Gasteiger partial charge in [0, 0.05) is 27.7 Å². The molecular weight excluding hydrogens is 442 g/mol. The summed E-state index contributed by atoms with van der Waals surface area (Å²) < 4.78 is 32.6. The Morgan fingerprint density at radius 3 is 1.94 bits per heavy atom. The van der Waals surface area contributed by atoms with Crippen LogP contribution in [0.15, 0.2) is 29.4 Å². The summed E-state index contributed by atoms with van der Waals surface area (Å²) in [4.78, 5) is 46.7. The van der Waals surface area contributed by atoms with Crippen LogP contribution in [-0.4, -0.2) is 72.6 Å². The van der Waals surface area contributed by atoms with E-state index in [1.807, 2.05) is 0 Å². The highest BCUT2D eigenvalue weighted by Gasteiger charge is 2.53. The van der Waals surface area contributed by atoms with E-state index in [0.29, 0.717) is 5.56 Å². The average molecular weight is 467 g/mol. The van der Waals surface area contributed by atoms with Gasteiger partial charge in [-0.25, -0.2) is 0 Å². The summed E-state index contributed by atoms with van der Waals surface area (Å²) in [5.74, 6) is -2.55. The second-order valence-corrected chi connectivity index (χ2v) is 7.00. The zero-order chi connectivity index (χ0) is 24.5. The number of ether oxygens (including phenoxy) is 6. The van der Waals surface area contributed by atoms with Crippen LogP contribution < -0.4 is 4.74 Å². The summed E-state index contributed by atoms with van der Waals surface area (Å²) in [6.45, 7) is 4.22. The molecule has 0 spiro atoms. The summed E-state index contributed by atoms with van der Waals surface area (Å²) in [6.07, 6.45) is -5.16. The minimum atomic E-state index is -1.33. The number of rotatable bonds is 8. The van der Waals surface area contributed by atoms with Gasteiger partial charge in [0.2, 0.25) is 12.4 Å². The molecule has 12 heteroatoms. The molecule has 1 saturated heterocycles. The zero-order valence-electron chi connectivity index (χ0n) is 18.5. The lowest BCUT2D eigenvalue weighted by molar-refractivity contribution is -0.288. The number of nitrogens with zero attached hydrogens (tertiary/aromatic N) is 1. The Morgan fingerprint density at radius 2 is 1.42 bits per heavy atom. The minimum Gasteiger partial charge on any atom is -0.463 e. The monoisotopic (exact) mass is 467 g/mol. The molecular formula is C21H25NO11. The molecule has 0 radical (unpaired) electrons. The van der Waals surface area contributed by atoms with Crippen LogP contribution in [0.1, 0.15) is 33.3 Å². The molecule has 0 aliphatic carbocycles. The molecule has 0 saturated carbocycles. The van der Waals surface area contributed by atoms with Crippen molar-refractivity contribution in [1.29, 1.82) is 0 Å². The number of esters is 4. The normalized spacial score (nSPS) is 24.5. The van der Waals surface area contributed by atoms with Crippen molar-refractivity contribution < 1.29 is 52.8 Å². The summed E-state index contributed by atoms with van der Waals surface area (Å²) >= 11 is 0. The fourth-order valence-corrected chi connectivity index (χ4v) is 3.12. The second-order valence-electron chi connectivity index (χ2n) is 7.00. The lowest BCUT2D eigenvalue weighted by Crippen LogP contribution is -2.63. The molecule has 12 nitrogen and oxygen atoms in total. The number of carbonyl (C=O) groups excluding carboxylic acids is 4. The van der Waals surface area contributed by atoms with Crippen LogP contribution in [0.3, 0.4) is 0 Å². The van der Waals surface area contributed by atoms with E-state index in [1.54, 1.807) is 12.1 Å². The topological polar surface area (TPSA) is 156 Å². The number of hydrogen-bond acceptors (Lipinski definition) is 12. The van der Waals surface area contributed by atoms with Gasteiger partial charge in [-0.15, -0.1) is 0 Å². The third kappa shape index (κ3) is 7.75. The summed E-state index contributed by atoms with van der Waals surface area (Å²) in [6, 6.07) is 6.23. The predicted molar refractivity (Wildman–Crippen MR) is 108 cm³/mol. The van der Waals surface area contributed by atoms with E-state index in [1.165, 1.54) is 25.3 Å². The predicted octanol–water partition coefficient (Wildman–Crippen LogP) is 0.957. The highest BCUT2D eigenvalue weighted by atomic mass is 16.7. The standard InChI is InChI=1S/C21H25NO11/c1-11(23)28-10-17-18(29-12(2)24)19(30-13(3)25)20(31-14(4)26)21(33-17)32-16-7-5-15(6-8-16)9-22-27/h5-9,17-21,27H,10H2,1-4H3/b22-9+/t17-,18-,19+,20-,21-/m1/s1. The molecule has 2 rings (SSSR count). The molecule has 5 atom stereocenters. The zero-order valence-corrected chi connectivity index (χ0v) is 18.5. The first-order valence-electron chi connectivity index (χ1n) is 9.85. The molecule has 1 aliphatic rings. The molecule has 0 amide bonds. The van der Waals surface area contributed by atoms with Gasteiger partial charge >= 0.3 is 23.9 Å². The van der Waals surface area contributed by atoms with Crippen LogP contribution in [0.4, 0.5) is 0 Å². The highest BCUT2D eigenvalue weighted by Crippen LogP contribution is 2.31. The van der Waals surface area contributed by atoms with Gasteiger partial charge in [0.1, 0.15) is 18.5 Å². The summed E-state index contributed by atoms with van der Waals surface area (Å²) in [5.41, 5.74) is 0.575. The van der Waals surface area contributed by atoms with Gasteiger partial charge in [-0.3, -0.25) is 19.2 Å². The lowest BCUT2D eigenvalue weighted by Gasteiger charge is -2.43. The van der Waals surface area contributed by atoms with Crippen LogP contribution in [0.5, 0.6) is 5.75 Å². The summed E-state index contributed by atoms with van der Waals surface area (Å²) in [7, 11) is 0. The van der Waals surface area contributed by atoms with E-state index in [4.69, 9.17) is 33.6 Å². The third-order valence-corrected chi connectivity index (χ3v) is 4.29. The van der Waals surface area contributed by atoms with Crippen LogP contribution in [-0.2, 0) is 42.9 Å². The molecule has 0 unspecified atom stereocenters. The fraction of sp³-hybridized carbons (Fsp3) is 0.476. The maximum absolute atomic E-state index is 11.8. The Bertz CT molecular complexity index is 883. The van der Waals surface area contributed by atoms with E-state index < -0.39 is 54.6 Å².